The van der Waals surface area contributed by atoms with E-state index in [0.717, 1.165) is 19.5 Å². The maximum Gasteiger partial charge on any atom is 0.320 e. The van der Waals surface area contributed by atoms with Crippen molar-refractivity contribution in [3.8, 4) is 0 Å². The van der Waals surface area contributed by atoms with E-state index in [1.54, 1.807) is 4.90 Å². The lowest BCUT2D eigenvalue weighted by molar-refractivity contribution is -0.137. The third kappa shape index (κ3) is 4.67. The van der Waals surface area contributed by atoms with Crippen molar-refractivity contribution in [1.29, 1.82) is 0 Å². The molecule has 1 rings (SSSR count). The second-order valence-corrected chi connectivity index (χ2v) is 5.92. The number of carbonyl (C=O) groups is 2. The molecule has 1 aliphatic heterocycles. The molecule has 1 fully saturated rings. The highest BCUT2D eigenvalue weighted by molar-refractivity contribution is 5.75. The second kappa shape index (κ2) is 7.47. The van der Waals surface area contributed by atoms with Gasteiger partial charge in [0.2, 0.25) is 0 Å². The Kier molecular flexibility index (Phi) is 6.26. The van der Waals surface area contributed by atoms with Crippen LogP contribution < -0.4 is 0 Å². The van der Waals surface area contributed by atoms with Crippen LogP contribution in [0.2, 0.25) is 0 Å². The van der Waals surface area contributed by atoms with Gasteiger partial charge in [-0.1, -0.05) is 0 Å². The summed E-state index contributed by atoms with van der Waals surface area (Å²) in [6.07, 6.45) is 1.61. The van der Waals surface area contributed by atoms with Gasteiger partial charge in [-0.3, -0.25) is 4.79 Å². The Labute approximate surface area is 121 Å². The Morgan fingerprint density at radius 3 is 2.45 bits per heavy atom. The molecule has 1 N–H and O–H groups in total. The van der Waals surface area contributed by atoms with Crippen LogP contribution in [0.1, 0.15) is 33.1 Å². The van der Waals surface area contributed by atoms with Crippen LogP contribution in [0.15, 0.2) is 0 Å². The van der Waals surface area contributed by atoms with E-state index in [0.29, 0.717) is 19.0 Å². The predicted octanol–water partition coefficient (Wildman–Crippen LogP) is 1.32. The van der Waals surface area contributed by atoms with E-state index in [9.17, 15) is 9.59 Å². The highest BCUT2D eigenvalue weighted by Gasteiger charge is 2.31. The average molecular weight is 285 g/mol. The van der Waals surface area contributed by atoms with E-state index in [4.69, 9.17) is 5.11 Å². The average Bonchev–Trinajstić information content (AvgIpc) is 2.82. The van der Waals surface area contributed by atoms with Crippen molar-refractivity contribution in [3.05, 3.63) is 0 Å². The summed E-state index contributed by atoms with van der Waals surface area (Å²) in [5, 5.41) is 8.69. The Balaban J connectivity index is 2.54. The normalized spacial score (nSPS) is 18.9. The molecule has 0 aliphatic carbocycles. The fraction of sp³-hybridized carbons (Fsp3) is 0.857. The fourth-order valence-electron chi connectivity index (χ4n) is 2.49. The first-order valence-corrected chi connectivity index (χ1v) is 7.26. The van der Waals surface area contributed by atoms with Crippen molar-refractivity contribution < 1.29 is 14.7 Å². The molecule has 0 saturated carbocycles. The van der Waals surface area contributed by atoms with Gasteiger partial charge in [-0.2, -0.15) is 0 Å². The summed E-state index contributed by atoms with van der Waals surface area (Å²) >= 11 is 0. The minimum absolute atomic E-state index is 0.0368. The van der Waals surface area contributed by atoms with E-state index in [-0.39, 0.29) is 18.5 Å². The summed E-state index contributed by atoms with van der Waals surface area (Å²) in [5.41, 5.74) is 0. The van der Waals surface area contributed by atoms with Gasteiger partial charge in [0.25, 0.3) is 0 Å². The van der Waals surface area contributed by atoms with Crippen LogP contribution in [0.3, 0.4) is 0 Å². The first-order valence-electron chi connectivity index (χ1n) is 7.26. The number of hydrogen-bond acceptors (Lipinski definition) is 3. The van der Waals surface area contributed by atoms with Gasteiger partial charge in [-0.05, 0) is 40.8 Å². The number of hydrogen-bond donors (Lipinski definition) is 1. The lowest BCUT2D eigenvalue weighted by Gasteiger charge is -2.31. The molecule has 20 heavy (non-hydrogen) atoms. The smallest absolute Gasteiger partial charge is 0.320 e. The molecule has 0 aromatic rings. The number of likely N-dealkylation sites (N-methyl/N-ethyl adjacent to an activating group) is 1. The maximum absolute atomic E-state index is 12.5. The third-order valence-electron chi connectivity index (χ3n) is 3.82. The molecule has 0 spiro atoms. The molecule has 2 amide bonds. The van der Waals surface area contributed by atoms with E-state index in [2.05, 4.69) is 4.90 Å². The van der Waals surface area contributed by atoms with Crippen LogP contribution in [0.4, 0.5) is 4.79 Å². The van der Waals surface area contributed by atoms with Crippen molar-refractivity contribution >= 4 is 12.0 Å². The molecule has 6 heteroatoms. The summed E-state index contributed by atoms with van der Waals surface area (Å²) in [6, 6.07) is 0.552. The van der Waals surface area contributed by atoms with Gasteiger partial charge in [0.1, 0.15) is 0 Å². The summed E-state index contributed by atoms with van der Waals surface area (Å²) in [4.78, 5) is 28.9. The molecule has 1 unspecified atom stereocenters. The zero-order valence-electron chi connectivity index (χ0n) is 13.0. The molecule has 1 saturated heterocycles. The van der Waals surface area contributed by atoms with Crippen LogP contribution in [-0.4, -0.2) is 77.6 Å². The summed E-state index contributed by atoms with van der Waals surface area (Å²) < 4.78 is 0. The zero-order chi connectivity index (χ0) is 15.3. The van der Waals surface area contributed by atoms with Crippen LogP contribution in [0.5, 0.6) is 0 Å². The minimum Gasteiger partial charge on any atom is -0.481 e. The number of aliphatic carboxylic acids is 1. The lowest BCUT2D eigenvalue weighted by Crippen LogP contribution is -2.47. The SMILES string of the molecule is CC(C)N(CCCC(=O)O)C(=O)N1CCC(N(C)C)C1. The van der Waals surface area contributed by atoms with Crippen LogP contribution in [-0.2, 0) is 4.79 Å². The number of rotatable bonds is 6. The molecule has 6 nitrogen and oxygen atoms in total. The highest BCUT2D eigenvalue weighted by atomic mass is 16.4. The summed E-state index contributed by atoms with van der Waals surface area (Å²) in [5.74, 6) is -0.810. The molecule has 1 heterocycles. The van der Waals surface area contributed by atoms with Gasteiger partial charge < -0.3 is 19.8 Å². The topological polar surface area (TPSA) is 64.1 Å². The Morgan fingerprint density at radius 1 is 1.35 bits per heavy atom. The molecule has 1 atom stereocenters. The number of likely N-dealkylation sites (tertiary alicyclic amines) is 1. The quantitative estimate of drug-likeness (QED) is 0.799. The first-order chi connectivity index (χ1) is 9.32. The van der Waals surface area contributed by atoms with E-state index >= 15 is 0 Å². The molecule has 0 aromatic carbocycles. The number of nitrogens with zero attached hydrogens (tertiary/aromatic N) is 3. The second-order valence-electron chi connectivity index (χ2n) is 5.92. The molecule has 0 radical (unpaired) electrons. The van der Waals surface area contributed by atoms with Gasteiger partial charge in [0, 0.05) is 38.1 Å². The largest absolute Gasteiger partial charge is 0.481 e. The van der Waals surface area contributed by atoms with E-state index < -0.39 is 5.97 Å². The van der Waals surface area contributed by atoms with Crippen molar-refractivity contribution in [1.82, 2.24) is 14.7 Å². The van der Waals surface area contributed by atoms with Crippen molar-refractivity contribution in [2.45, 2.75) is 45.2 Å². The molecule has 116 valence electrons. The monoisotopic (exact) mass is 285 g/mol. The lowest BCUT2D eigenvalue weighted by atomic mass is 10.2. The zero-order valence-corrected chi connectivity index (χ0v) is 13.0. The van der Waals surface area contributed by atoms with Gasteiger partial charge in [-0.25, -0.2) is 4.79 Å². The van der Waals surface area contributed by atoms with Crippen molar-refractivity contribution in [2.75, 3.05) is 33.7 Å². The van der Waals surface area contributed by atoms with Gasteiger partial charge in [-0.15, -0.1) is 0 Å². The molecule has 0 bridgehead atoms. The van der Waals surface area contributed by atoms with Crippen LogP contribution >= 0.6 is 0 Å². The van der Waals surface area contributed by atoms with Gasteiger partial charge in [0.05, 0.1) is 0 Å². The fourth-order valence-corrected chi connectivity index (χ4v) is 2.49. The predicted molar refractivity (Wildman–Crippen MR) is 77.8 cm³/mol. The summed E-state index contributed by atoms with van der Waals surface area (Å²) in [7, 11) is 4.07. The van der Waals surface area contributed by atoms with E-state index in [1.165, 1.54) is 0 Å². The minimum atomic E-state index is -0.810. The van der Waals surface area contributed by atoms with Gasteiger partial charge in [0.15, 0.2) is 0 Å². The number of amides is 2. The standard InChI is InChI=1S/C14H27N3O3/c1-11(2)17(8-5-6-13(18)19)14(20)16-9-7-12(10-16)15(3)4/h11-12H,5-10H2,1-4H3,(H,18,19). The number of carbonyl (C=O) groups excluding carboxylic acids is 1. The summed E-state index contributed by atoms with van der Waals surface area (Å²) in [6.45, 7) is 5.99. The molecular weight excluding hydrogens is 258 g/mol. The molecule has 1 aliphatic rings. The Hall–Kier alpha value is -1.30. The maximum atomic E-state index is 12.5. The van der Waals surface area contributed by atoms with Crippen molar-refractivity contribution in [3.63, 3.8) is 0 Å². The Morgan fingerprint density at radius 2 is 2.00 bits per heavy atom. The first kappa shape index (κ1) is 16.8. The Bertz CT molecular complexity index is 345. The number of carboxylic acids is 1. The highest BCUT2D eigenvalue weighted by Crippen LogP contribution is 2.16. The number of carboxylic acid groups (broad SMARTS) is 1. The molecular formula is C14H27N3O3. The van der Waals surface area contributed by atoms with Crippen LogP contribution in [0, 0.1) is 0 Å². The van der Waals surface area contributed by atoms with Crippen LogP contribution in [0.25, 0.3) is 0 Å². The van der Waals surface area contributed by atoms with Gasteiger partial charge >= 0.3 is 12.0 Å². The van der Waals surface area contributed by atoms with Crippen molar-refractivity contribution in [2.24, 2.45) is 0 Å². The third-order valence-corrected chi connectivity index (χ3v) is 3.82. The molecule has 0 aromatic heterocycles. The number of urea groups is 1. The van der Waals surface area contributed by atoms with E-state index in [1.807, 2.05) is 32.8 Å².